The minimum absolute atomic E-state index is 0.151. The highest BCUT2D eigenvalue weighted by Gasteiger charge is 2.16. The van der Waals surface area contributed by atoms with Crippen LogP contribution in [0.3, 0.4) is 0 Å². The molecule has 1 heterocycles. The number of carbonyl (C=O) groups excluding carboxylic acids is 1. The summed E-state index contributed by atoms with van der Waals surface area (Å²) in [5.41, 5.74) is 6.15. The Morgan fingerprint density at radius 3 is 3.00 bits per heavy atom. The molecule has 4 heteroatoms. The number of hydrogen-bond acceptors (Lipinski definition) is 3. The third-order valence-electron chi connectivity index (χ3n) is 2.27. The van der Waals surface area contributed by atoms with Crippen molar-refractivity contribution >= 4 is 17.7 Å². The second-order valence-electron chi connectivity index (χ2n) is 3.38. The van der Waals surface area contributed by atoms with Crippen molar-refractivity contribution in [2.75, 3.05) is 31.1 Å². The Kier molecular flexibility index (Phi) is 5.04. The van der Waals surface area contributed by atoms with Gasteiger partial charge >= 0.3 is 0 Å². The molecule has 1 aliphatic rings. The second-order valence-corrected chi connectivity index (χ2v) is 4.61. The first-order chi connectivity index (χ1) is 6.75. The average Bonchev–Trinajstić information content (AvgIpc) is 2.45. The van der Waals surface area contributed by atoms with Crippen molar-refractivity contribution in [3.63, 3.8) is 0 Å². The SMILES string of the molecule is C/C(=C\CN)C(=O)N1CCCSCC1. The summed E-state index contributed by atoms with van der Waals surface area (Å²) < 4.78 is 0. The number of nitrogens with zero attached hydrogens (tertiary/aromatic N) is 1. The fourth-order valence-corrected chi connectivity index (χ4v) is 2.35. The monoisotopic (exact) mass is 214 g/mol. The van der Waals surface area contributed by atoms with Crippen LogP contribution in [0.5, 0.6) is 0 Å². The standard InChI is InChI=1S/C10H18N2OS/c1-9(3-4-11)10(13)12-5-2-7-14-8-6-12/h3H,2,4-8,11H2,1H3/b9-3+. The van der Waals surface area contributed by atoms with E-state index in [9.17, 15) is 4.79 Å². The Morgan fingerprint density at radius 2 is 2.29 bits per heavy atom. The van der Waals surface area contributed by atoms with Gasteiger partial charge in [0.1, 0.15) is 0 Å². The van der Waals surface area contributed by atoms with E-state index in [4.69, 9.17) is 5.73 Å². The molecule has 1 amide bonds. The molecule has 1 rings (SSSR count). The number of thioether (sulfide) groups is 1. The van der Waals surface area contributed by atoms with Crippen molar-refractivity contribution in [1.29, 1.82) is 0 Å². The van der Waals surface area contributed by atoms with Gasteiger partial charge in [0.05, 0.1) is 0 Å². The quantitative estimate of drug-likeness (QED) is 0.693. The maximum Gasteiger partial charge on any atom is 0.249 e. The molecule has 0 aliphatic carbocycles. The molecule has 0 radical (unpaired) electrons. The van der Waals surface area contributed by atoms with Gasteiger partial charge in [0.15, 0.2) is 0 Å². The molecule has 0 saturated carbocycles. The van der Waals surface area contributed by atoms with E-state index in [1.165, 1.54) is 5.75 Å². The number of carbonyl (C=O) groups is 1. The summed E-state index contributed by atoms with van der Waals surface area (Å²) in [4.78, 5) is 13.8. The van der Waals surface area contributed by atoms with Crippen LogP contribution in [-0.4, -0.2) is 41.9 Å². The predicted octanol–water partition coefficient (Wildman–Crippen LogP) is 0.857. The van der Waals surface area contributed by atoms with Gasteiger partial charge in [-0.3, -0.25) is 4.79 Å². The van der Waals surface area contributed by atoms with E-state index in [2.05, 4.69) is 0 Å². The summed E-state index contributed by atoms with van der Waals surface area (Å²) in [6.45, 7) is 4.05. The second kappa shape index (κ2) is 6.09. The van der Waals surface area contributed by atoms with Crippen molar-refractivity contribution in [1.82, 2.24) is 4.90 Å². The average molecular weight is 214 g/mol. The molecule has 0 aromatic rings. The van der Waals surface area contributed by atoms with Crippen molar-refractivity contribution in [3.05, 3.63) is 11.6 Å². The number of hydrogen-bond donors (Lipinski definition) is 1. The minimum atomic E-state index is 0.151. The van der Waals surface area contributed by atoms with E-state index in [0.717, 1.165) is 30.8 Å². The molecule has 0 unspecified atom stereocenters. The first kappa shape index (κ1) is 11.6. The highest BCUT2D eigenvalue weighted by molar-refractivity contribution is 7.99. The van der Waals surface area contributed by atoms with Crippen LogP contribution < -0.4 is 5.73 Å². The van der Waals surface area contributed by atoms with E-state index in [-0.39, 0.29) is 5.91 Å². The van der Waals surface area contributed by atoms with E-state index in [1.54, 1.807) is 6.08 Å². The van der Waals surface area contributed by atoms with Gasteiger partial charge < -0.3 is 10.6 Å². The Hall–Kier alpha value is -0.480. The molecule has 2 N–H and O–H groups in total. The predicted molar refractivity (Wildman–Crippen MR) is 61.3 cm³/mol. The zero-order valence-electron chi connectivity index (χ0n) is 8.66. The lowest BCUT2D eigenvalue weighted by Crippen LogP contribution is -2.33. The molecular weight excluding hydrogens is 196 g/mol. The third kappa shape index (κ3) is 3.35. The molecule has 0 spiro atoms. The molecule has 0 bridgehead atoms. The summed E-state index contributed by atoms with van der Waals surface area (Å²) in [6, 6.07) is 0. The molecular formula is C10H18N2OS. The van der Waals surface area contributed by atoms with Gasteiger partial charge in [0.25, 0.3) is 0 Å². The summed E-state index contributed by atoms with van der Waals surface area (Å²) in [6.07, 6.45) is 2.90. The molecule has 0 atom stereocenters. The fraction of sp³-hybridized carbons (Fsp3) is 0.700. The molecule has 1 fully saturated rings. The van der Waals surface area contributed by atoms with E-state index >= 15 is 0 Å². The lowest BCUT2D eigenvalue weighted by Gasteiger charge is -2.20. The summed E-state index contributed by atoms with van der Waals surface area (Å²) in [7, 11) is 0. The zero-order chi connectivity index (χ0) is 10.4. The van der Waals surface area contributed by atoms with Crippen molar-refractivity contribution < 1.29 is 4.79 Å². The largest absolute Gasteiger partial charge is 0.338 e. The van der Waals surface area contributed by atoms with Gasteiger partial charge in [-0.15, -0.1) is 0 Å². The van der Waals surface area contributed by atoms with Gasteiger partial charge in [-0.05, 0) is 19.1 Å². The number of nitrogens with two attached hydrogens (primary N) is 1. The molecule has 80 valence electrons. The normalized spacial score (nSPS) is 19.3. The fourth-order valence-electron chi connectivity index (χ4n) is 1.46. The Bertz CT molecular complexity index is 220. The smallest absolute Gasteiger partial charge is 0.249 e. The molecule has 3 nitrogen and oxygen atoms in total. The van der Waals surface area contributed by atoms with Crippen molar-refractivity contribution in [3.8, 4) is 0 Å². The van der Waals surface area contributed by atoms with E-state index < -0.39 is 0 Å². The highest BCUT2D eigenvalue weighted by atomic mass is 32.2. The Balaban J connectivity index is 2.53. The molecule has 0 aromatic carbocycles. The first-order valence-corrected chi connectivity index (χ1v) is 6.15. The van der Waals surface area contributed by atoms with Gasteiger partial charge in [-0.25, -0.2) is 0 Å². The lowest BCUT2D eigenvalue weighted by molar-refractivity contribution is -0.126. The van der Waals surface area contributed by atoms with Crippen LogP contribution >= 0.6 is 11.8 Å². The van der Waals surface area contributed by atoms with Crippen molar-refractivity contribution in [2.45, 2.75) is 13.3 Å². The van der Waals surface area contributed by atoms with Gasteiger partial charge in [-0.2, -0.15) is 11.8 Å². The Labute approximate surface area is 89.7 Å². The summed E-state index contributed by atoms with van der Waals surface area (Å²) in [5.74, 6) is 2.38. The molecule has 1 aliphatic heterocycles. The number of rotatable bonds is 2. The van der Waals surface area contributed by atoms with Crippen LogP contribution in [0.2, 0.25) is 0 Å². The molecule has 1 saturated heterocycles. The van der Waals surface area contributed by atoms with Crippen LogP contribution in [-0.2, 0) is 4.79 Å². The first-order valence-electron chi connectivity index (χ1n) is 4.99. The highest BCUT2D eigenvalue weighted by Crippen LogP contribution is 2.12. The maximum atomic E-state index is 11.8. The van der Waals surface area contributed by atoms with Gasteiger partial charge in [0.2, 0.25) is 5.91 Å². The van der Waals surface area contributed by atoms with Gasteiger partial charge in [0, 0.05) is 31.0 Å². The zero-order valence-corrected chi connectivity index (χ0v) is 9.48. The number of amides is 1. The van der Waals surface area contributed by atoms with Crippen LogP contribution in [0.1, 0.15) is 13.3 Å². The Morgan fingerprint density at radius 1 is 1.50 bits per heavy atom. The molecule has 0 aromatic heterocycles. The van der Waals surface area contributed by atoms with Crippen LogP contribution in [0.4, 0.5) is 0 Å². The maximum absolute atomic E-state index is 11.8. The summed E-state index contributed by atoms with van der Waals surface area (Å²) >= 11 is 1.92. The lowest BCUT2D eigenvalue weighted by atomic mass is 10.2. The van der Waals surface area contributed by atoms with E-state index in [0.29, 0.717) is 6.54 Å². The van der Waals surface area contributed by atoms with E-state index in [1.807, 2.05) is 23.6 Å². The molecule has 14 heavy (non-hydrogen) atoms. The van der Waals surface area contributed by atoms with Crippen LogP contribution in [0.25, 0.3) is 0 Å². The third-order valence-corrected chi connectivity index (χ3v) is 3.32. The van der Waals surface area contributed by atoms with Gasteiger partial charge in [-0.1, -0.05) is 6.08 Å². The van der Waals surface area contributed by atoms with Crippen molar-refractivity contribution in [2.24, 2.45) is 5.73 Å². The summed E-state index contributed by atoms with van der Waals surface area (Å²) in [5, 5.41) is 0. The minimum Gasteiger partial charge on any atom is -0.338 e. The van der Waals surface area contributed by atoms with Crippen LogP contribution in [0, 0.1) is 0 Å². The van der Waals surface area contributed by atoms with Crippen LogP contribution in [0.15, 0.2) is 11.6 Å². The topological polar surface area (TPSA) is 46.3 Å².